The smallest absolute Gasteiger partial charge is 0.408 e. The van der Waals surface area contributed by atoms with Gasteiger partial charge in [-0.05, 0) is 102 Å². The third-order valence-corrected chi connectivity index (χ3v) is 6.27. The number of unbranched alkanes of at least 4 members (excludes halogenated alkanes) is 1. The maximum atomic E-state index is 14.2. The Bertz CT molecular complexity index is 1120. The lowest BCUT2D eigenvalue weighted by Gasteiger charge is -2.27. The molecule has 2 aromatic rings. The predicted octanol–water partition coefficient (Wildman–Crippen LogP) is 5.49. The van der Waals surface area contributed by atoms with Crippen molar-refractivity contribution >= 4 is 28.6 Å². The summed E-state index contributed by atoms with van der Waals surface area (Å²) in [4.78, 5) is 39.3. The molecule has 0 aliphatic carbocycles. The molecular weight excluding hydrogens is 494 g/mol. The second kappa shape index (κ2) is 14.4. The van der Waals surface area contributed by atoms with E-state index in [1.54, 1.807) is 20.8 Å². The van der Waals surface area contributed by atoms with Gasteiger partial charge in [-0.15, -0.1) is 0 Å². The molecule has 0 aliphatic heterocycles. The zero-order chi connectivity index (χ0) is 29.2. The van der Waals surface area contributed by atoms with Crippen molar-refractivity contribution < 1.29 is 23.9 Å². The maximum absolute atomic E-state index is 14.2. The number of amides is 1. The Morgan fingerprint density at radius 1 is 0.846 bits per heavy atom. The number of Topliss-reactive ketones (excluding diaryl/α,β-unsaturated/α-hetero) is 1. The number of rotatable bonds is 13. The molecule has 0 saturated carbocycles. The summed E-state index contributed by atoms with van der Waals surface area (Å²) in [6.07, 6.45) is 2.24. The van der Waals surface area contributed by atoms with Gasteiger partial charge in [-0.3, -0.25) is 9.59 Å². The Morgan fingerprint density at radius 2 is 1.51 bits per heavy atom. The summed E-state index contributed by atoms with van der Waals surface area (Å²) in [6.45, 7) is 11.6. The van der Waals surface area contributed by atoms with Gasteiger partial charge in [-0.1, -0.05) is 36.4 Å². The fraction of sp³-hybridized carbons (Fsp3) is 0.581. The highest BCUT2D eigenvalue weighted by atomic mass is 16.6. The Kier molecular flexibility index (Phi) is 11.9. The largest absolute Gasteiger partial charge is 0.460 e. The van der Waals surface area contributed by atoms with E-state index in [4.69, 9.17) is 20.9 Å². The number of carbonyl (C=O) groups excluding carboxylic acids is 3. The van der Waals surface area contributed by atoms with E-state index in [1.807, 2.05) is 57.2 Å². The van der Waals surface area contributed by atoms with Crippen LogP contribution >= 0.6 is 0 Å². The van der Waals surface area contributed by atoms with Crippen LogP contribution < -0.4 is 16.8 Å². The summed E-state index contributed by atoms with van der Waals surface area (Å²) in [7, 11) is 0. The van der Waals surface area contributed by atoms with Crippen LogP contribution in [0.1, 0.15) is 97.1 Å². The third-order valence-electron chi connectivity index (χ3n) is 6.27. The first kappa shape index (κ1) is 32.2. The van der Waals surface area contributed by atoms with E-state index in [2.05, 4.69) is 5.32 Å². The quantitative estimate of drug-likeness (QED) is 0.226. The third kappa shape index (κ3) is 10.6. The van der Waals surface area contributed by atoms with Gasteiger partial charge in [0, 0.05) is 18.9 Å². The van der Waals surface area contributed by atoms with Gasteiger partial charge in [0.25, 0.3) is 0 Å². The number of carbonyl (C=O) groups is 3. The van der Waals surface area contributed by atoms with E-state index < -0.39 is 29.3 Å². The second-order valence-corrected chi connectivity index (χ2v) is 12.0. The van der Waals surface area contributed by atoms with E-state index in [0.717, 1.165) is 28.3 Å². The molecule has 216 valence electrons. The molecule has 1 amide bonds. The number of fused-ring (bicyclic) bond motifs is 1. The maximum Gasteiger partial charge on any atom is 0.408 e. The number of hydrogen-bond donors (Lipinski definition) is 3. The van der Waals surface area contributed by atoms with Gasteiger partial charge in [-0.25, -0.2) is 4.79 Å². The number of hydrogen-bond acceptors (Lipinski definition) is 7. The average molecular weight is 542 g/mol. The van der Waals surface area contributed by atoms with Crippen molar-refractivity contribution in [2.75, 3.05) is 6.54 Å². The molecule has 2 atom stereocenters. The van der Waals surface area contributed by atoms with Gasteiger partial charge in [0.2, 0.25) is 0 Å². The summed E-state index contributed by atoms with van der Waals surface area (Å²) < 4.78 is 10.9. The molecule has 5 N–H and O–H groups in total. The van der Waals surface area contributed by atoms with E-state index in [0.29, 0.717) is 32.2 Å². The SMILES string of the molecule is CC(C)(C)OC(=O)CCCC(C(=O)[C@H](CCCCN)NC(=O)OC(C)(C)C)c1ccc2ccccc2c1CN. The minimum atomic E-state index is -0.768. The number of nitrogens with two attached hydrogens (primary N) is 2. The van der Waals surface area contributed by atoms with Crippen LogP contribution in [-0.4, -0.2) is 41.6 Å². The van der Waals surface area contributed by atoms with Crippen LogP contribution in [-0.2, 0) is 25.6 Å². The summed E-state index contributed by atoms with van der Waals surface area (Å²) in [5.41, 5.74) is 12.4. The van der Waals surface area contributed by atoms with E-state index >= 15 is 0 Å². The highest BCUT2D eigenvalue weighted by molar-refractivity contribution is 5.95. The molecule has 8 nitrogen and oxygen atoms in total. The lowest BCUT2D eigenvalue weighted by atomic mass is 9.81. The van der Waals surface area contributed by atoms with Crippen molar-refractivity contribution in [1.29, 1.82) is 0 Å². The molecule has 2 rings (SSSR count). The van der Waals surface area contributed by atoms with Crippen molar-refractivity contribution in [3.05, 3.63) is 47.5 Å². The fourth-order valence-electron chi connectivity index (χ4n) is 4.67. The predicted molar refractivity (Wildman–Crippen MR) is 155 cm³/mol. The molecule has 39 heavy (non-hydrogen) atoms. The number of nitrogens with one attached hydrogen (secondary N) is 1. The molecular formula is C31H47N3O5. The van der Waals surface area contributed by atoms with Gasteiger partial charge in [0.1, 0.15) is 11.2 Å². The first-order valence-electron chi connectivity index (χ1n) is 13.9. The highest BCUT2D eigenvalue weighted by Crippen LogP contribution is 2.33. The molecule has 0 heterocycles. The van der Waals surface area contributed by atoms with Crippen molar-refractivity contribution in [1.82, 2.24) is 5.32 Å². The van der Waals surface area contributed by atoms with Gasteiger partial charge < -0.3 is 26.3 Å². The van der Waals surface area contributed by atoms with Crippen LogP contribution in [0.4, 0.5) is 4.79 Å². The molecule has 0 aromatic heterocycles. The zero-order valence-corrected chi connectivity index (χ0v) is 24.5. The molecule has 0 saturated heterocycles. The summed E-state index contributed by atoms with van der Waals surface area (Å²) in [5.74, 6) is -1.02. The van der Waals surface area contributed by atoms with Crippen molar-refractivity contribution in [3.8, 4) is 0 Å². The molecule has 0 spiro atoms. The van der Waals surface area contributed by atoms with Gasteiger partial charge >= 0.3 is 12.1 Å². The fourth-order valence-corrected chi connectivity index (χ4v) is 4.67. The van der Waals surface area contributed by atoms with E-state index in [-0.39, 0.29) is 24.7 Å². The van der Waals surface area contributed by atoms with Crippen LogP contribution in [0, 0.1) is 0 Å². The summed E-state index contributed by atoms with van der Waals surface area (Å²) in [5, 5.41) is 4.84. The zero-order valence-electron chi connectivity index (χ0n) is 24.5. The molecule has 2 aromatic carbocycles. The number of alkyl carbamates (subject to hydrolysis) is 1. The van der Waals surface area contributed by atoms with Crippen LogP contribution in [0.15, 0.2) is 36.4 Å². The van der Waals surface area contributed by atoms with Crippen LogP contribution in [0.5, 0.6) is 0 Å². The topological polar surface area (TPSA) is 134 Å². The highest BCUT2D eigenvalue weighted by Gasteiger charge is 2.32. The van der Waals surface area contributed by atoms with Crippen LogP contribution in [0.25, 0.3) is 10.8 Å². The van der Waals surface area contributed by atoms with E-state index in [9.17, 15) is 14.4 Å². The first-order chi connectivity index (χ1) is 18.3. The number of ketones is 1. The van der Waals surface area contributed by atoms with Crippen molar-refractivity contribution in [2.45, 2.75) is 110 Å². The number of esters is 1. The van der Waals surface area contributed by atoms with Crippen LogP contribution in [0.2, 0.25) is 0 Å². The van der Waals surface area contributed by atoms with Gasteiger partial charge in [0.05, 0.1) is 6.04 Å². The minimum Gasteiger partial charge on any atom is -0.460 e. The normalized spacial score (nSPS) is 13.5. The number of benzene rings is 2. The van der Waals surface area contributed by atoms with Crippen molar-refractivity contribution in [2.24, 2.45) is 11.5 Å². The molecule has 0 aliphatic rings. The first-order valence-corrected chi connectivity index (χ1v) is 13.9. The standard InChI is InChI=1S/C31H47N3O5/c1-30(2,3)38-27(35)16-11-14-24(23-18-17-21-12-7-8-13-22(21)25(23)20-33)28(36)26(15-9-10-19-32)34-29(37)39-31(4,5)6/h7-8,12-13,17-18,24,26H,9-11,14-16,19-20,32-33H2,1-6H3,(H,34,37)/t24?,26-/m0/s1. The summed E-state index contributed by atoms with van der Waals surface area (Å²) >= 11 is 0. The van der Waals surface area contributed by atoms with Crippen LogP contribution in [0.3, 0.4) is 0 Å². The van der Waals surface area contributed by atoms with E-state index in [1.165, 1.54) is 0 Å². The Balaban J connectivity index is 2.43. The molecule has 0 fully saturated rings. The molecule has 8 heteroatoms. The molecule has 1 unspecified atom stereocenters. The van der Waals surface area contributed by atoms with Crippen molar-refractivity contribution in [3.63, 3.8) is 0 Å². The van der Waals surface area contributed by atoms with Gasteiger partial charge in [-0.2, -0.15) is 0 Å². The number of ether oxygens (including phenoxy) is 2. The lowest BCUT2D eigenvalue weighted by molar-refractivity contribution is -0.155. The Hall–Kier alpha value is -2.97. The second-order valence-electron chi connectivity index (χ2n) is 12.0. The Morgan fingerprint density at radius 3 is 2.13 bits per heavy atom. The average Bonchev–Trinajstić information content (AvgIpc) is 2.83. The summed E-state index contributed by atoms with van der Waals surface area (Å²) in [6, 6.07) is 11.1. The minimum absolute atomic E-state index is 0.132. The molecule has 0 radical (unpaired) electrons. The van der Waals surface area contributed by atoms with Gasteiger partial charge in [0.15, 0.2) is 5.78 Å². The monoisotopic (exact) mass is 541 g/mol. The lowest BCUT2D eigenvalue weighted by Crippen LogP contribution is -2.45. The molecule has 0 bridgehead atoms. The Labute approximate surface area is 233 Å².